The second kappa shape index (κ2) is 6.70. The number of rotatable bonds is 3. The predicted octanol–water partition coefficient (Wildman–Crippen LogP) is 2.71. The molecule has 24 heavy (non-hydrogen) atoms. The van der Waals surface area contributed by atoms with Gasteiger partial charge in [0.05, 0.1) is 25.0 Å². The number of likely N-dealkylation sites (tertiary alicyclic amines) is 1. The maximum absolute atomic E-state index is 12.7. The van der Waals surface area contributed by atoms with Crippen molar-refractivity contribution in [1.82, 2.24) is 9.80 Å². The van der Waals surface area contributed by atoms with E-state index in [0.717, 1.165) is 39.2 Å². The second-order valence-electron chi connectivity index (χ2n) is 6.83. The van der Waals surface area contributed by atoms with E-state index in [1.807, 2.05) is 4.90 Å². The van der Waals surface area contributed by atoms with E-state index in [2.05, 4.69) is 22.4 Å². The normalized spacial score (nSPS) is 25.2. The molecule has 2 fully saturated rings. The molecule has 0 aromatic carbocycles. The Kier molecular flexibility index (Phi) is 4.43. The van der Waals surface area contributed by atoms with Gasteiger partial charge in [0, 0.05) is 36.5 Å². The number of furan rings is 1. The molecule has 1 unspecified atom stereocenters. The quantitative estimate of drug-likeness (QED) is 0.857. The average molecular weight is 346 g/mol. The molecular formula is C18H22N2O3S. The van der Waals surface area contributed by atoms with Crippen LogP contribution in [-0.2, 0) is 11.3 Å². The molecular weight excluding hydrogens is 324 g/mol. The van der Waals surface area contributed by atoms with Crippen LogP contribution < -0.4 is 0 Å². The summed E-state index contributed by atoms with van der Waals surface area (Å²) in [7, 11) is 0. The van der Waals surface area contributed by atoms with Crippen molar-refractivity contribution in [2.24, 2.45) is 5.41 Å². The molecule has 2 aromatic rings. The highest BCUT2D eigenvalue weighted by molar-refractivity contribution is 7.09. The van der Waals surface area contributed by atoms with Gasteiger partial charge in [0.2, 0.25) is 0 Å². The molecule has 0 N–H and O–H groups in total. The van der Waals surface area contributed by atoms with Gasteiger partial charge < -0.3 is 14.1 Å². The lowest BCUT2D eigenvalue weighted by molar-refractivity contribution is 0.0644. The Morgan fingerprint density at radius 3 is 3.04 bits per heavy atom. The Hall–Kier alpha value is -1.63. The maximum atomic E-state index is 12.7. The Balaban J connectivity index is 1.45. The van der Waals surface area contributed by atoms with Crippen LogP contribution in [0.2, 0.25) is 0 Å². The van der Waals surface area contributed by atoms with Gasteiger partial charge in [-0.05, 0) is 30.5 Å². The van der Waals surface area contributed by atoms with Gasteiger partial charge in [0.15, 0.2) is 0 Å². The van der Waals surface area contributed by atoms with E-state index < -0.39 is 0 Å². The van der Waals surface area contributed by atoms with Crippen molar-refractivity contribution in [2.45, 2.75) is 13.0 Å². The highest BCUT2D eigenvalue weighted by Crippen LogP contribution is 2.35. The first-order chi connectivity index (χ1) is 11.7. The monoisotopic (exact) mass is 346 g/mol. The molecule has 5 nitrogen and oxygen atoms in total. The summed E-state index contributed by atoms with van der Waals surface area (Å²) in [6, 6.07) is 6.03. The van der Waals surface area contributed by atoms with Crippen LogP contribution in [0.1, 0.15) is 21.7 Å². The molecule has 0 radical (unpaired) electrons. The molecule has 4 heterocycles. The van der Waals surface area contributed by atoms with Gasteiger partial charge in [0.1, 0.15) is 6.26 Å². The molecule has 1 atom stereocenters. The Morgan fingerprint density at radius 1 is 1.29 bits per heavy atom. The fourth-order valence-electron chi connectivity index (χ4n) is 3.77. The molecule has 6 heteroatoms. The van der Waals surface area contributed by atoms with Crippen molar-refractivity contribution < 1.29 is 13.9 Å². The lowest BCUT2D eigenvalue weighted by Gasteiger charge is -2.31. The van der Waals surface area contributed by atoms with Crippen molar-refractivity contribution in [3.63, 3.8) is 0 Å². The fraction of sp³-hybridized carbons (Fsp3) is 0.500. The van der Waals surface area contributed by atoms with Gasteiger partial charge in [-0.2, -0.15) is 0 Å². The zero-order chi connectivity index (χ0) is 16.4. The van der Waals surface area contributed by atoms with Gasteiger partial charge in [-0.1, -0.05) is 6.07 Å². The van der Waals surface area contributed by atoms with E-state index in [-0.39, 0.29) is 11.3 Å². The summed E-state index contributed by atoms with van der Waals surface area (Å²) >= 11 is 1.80. The third-order valence-electron chi connectivity index (χ3n) is 4.97. The first-order valence-corrected chi connectivity index (χ1v) is 9.26. The van der Waals surface area contributed by atoms with Gasteiger partial charge in [-0.3, -0.25) is 9.69 Å². The molecule has 0 aliphatic carbocycles. The lowest BCUT2D eigenvalue weighted by atomic mass is 9.87. The Labute approximate surface area is 145 Å². The Morgan fingerprint density at radius 2 is 2.25 bits per heavy atom. The zero-order valence-electron chi connectivity index (χ0n) is 13.6. The first kappa shape index (κ1) is 15.9. The molecule has 2 saturated heterocycles. The van der Waals surface area contributed by atoms with E-state index in [1.54, 1.807) is 23.7 Å². The van der Waals surface area contributed by atoms with Crippen LogP contribution in [0.25, 0.3) is 0 Å². The van der Waals surface area contributed by atoms with Gasteiger partial charge in [-0.25, -0.2) is 0 Å². The fourth-order valence-corrected chi connectivity index (χ4v) is 4.51. The van der Waals surface area contributed by atoms with Gasteiger partial charge >= 0.3 is 0 Å². The molecule has 2 aromatic heterocycles. The van der Waals surface area contributed by atoms with Crippen molar-refractivity contribution >= 4 is 17.2 Å². The highest BCUT2D eigenvalue weighted by atomic mass is 32.1. The van der Waals surface area contributed by atoms with E-state index in [9.17, 15) is 4.79 Å². The minimum atomic E-state index is 0.0466. The molecule has 128 valence electrons. The molecule has 4 rings (SSSR count). The van der Waals surface area contributed by atoms with Crippen LogP contribution in [-0.4, -0.2) is 55.1 Å². The van der Waals surface area contributed by atoms with Crippen LogP contribution in [0.15, 0.2) is 40.5 Å². The summed E-state index contributed by atoms with van der Waals surface area (Å²) in [5, 5.41) is 2.13. The van der Waals surface area contributed by atoms with Gasteiger partial charge in [0.25, 0.3) is 5.91 Å². The number of carbonyl (C=O) groups excluding carboxylic acids is 1. The summed E-state index contributed by atoms with van der Waals surface area (Å²) < 4.78 is 10.9. The van der Waals surface area contributed by atoms with Gasteiger partial charge in [-0.15, -0.1) is 11.3 Å². The standard InChI is InChI=1S/C18H22N2O3S/c21-17(15-3-7-22-11-15)20-6-8-23-14-18(13-20)4-5-19(12-18)10-16-2-1-9-24-16/h1-3,7,9,11H,4-6,8,10,12-14H2. The third-order valence-corrected chi connectivity index (χ3v) is 5.83. The third kappa shape index (κ3) is 3.27. The highest BCUT2D eigenvalue weighted by Gasteiger charge is 2.42. The van der Waals surface area contributed by atoms with Crippen LogP contribution in [0, 0.1) is 5.41 Å². The van der Waals surface area contributed by atoms with E-state index in [1.165, 1.54) is 11.1 Å². The van der Waals surface area contributed by atoms with E-state index >= 15 is 0 Å². The number of carbonyl (C=O) groups is 1. The molecule has 0 bridgehead atoms. The minimum absolute atomic E-state index is 0.0466. The number of hydrogen-bond donors (Lipinski definition) is 0. The number of thiophene rings is 1. The van der Waals surface area contributed by atoms with Crippen molar-refractivity contribution in [2.75, 3.05) is 39.4 Å². The summed E-state index contributed by atoms with van der Waals surface area (Å²) in [4.78, 5) is 18.5. The largest absolute Gasteiger partial charge is 0.472 e. The van der Waals surface area contributed by atoms with Crippen LogP contribution in [0.5, 0.6) is 0 Å². The predicted molar refractivity (Wildman–Crippen MR) is 92.1 cm³/mol. The zero-order valence-corrected chi connectivity index (χ0v) is 14.5. The van der Waals surface area contributed by atoms with Crippen molar-refractivity contribution in [3.05, 3.63) is 46.5 Å². The SMILES string of the molecule is O=C(c1ccoc1)N1CCOCC2(CCN(Cc3cccs3)C2)C1. The summed E-state index contributed by atoms with van der Waals surface area (Å²) in [6.07, 6.45) is 4.15. The second-order valence-corrected chi connectivity index (χ2v) is 7.86. The van der Waals surface area contributed by atoms with E-state index in [0.29, 0.717) is 18.7 Å². The molecule has 0 saturated carbocycles. The minimum Gasteiger partial charge on any atom is -0.472 e. The number of nitrogens with zero attached hydrogens (tertiary/aromatic N) is 2. The van der Waals surface area contributed by atoms with Crippen molar-refractivity contribution in [3.8, 4) is 0 Å². The van der Waals surface area contributed by atoms with Crippen LogP contribution >= 0.6 is 11.3 Å². The number of amides is 1. The lowest BCUT2D eigenvalue weighted by Crippen LogP contribution is -2.43. The number of hydrogen-bond acceptors (Lipinski definition) is 5. The summed E-state index contributed by atoms with van der Waals surface area (Å²) in [5.74, 6) is 0.0466. The smallest absolute Gasteiger partial charge is 0.257 e. The van der Waals surface area contributed by atoms with Crippen LogP contribution in [0.4, 0.5) is 0 Å². The Bertz CT molecular complexity index is 671. The number of ether oxygens (including phenoxy) is 1. The molecule has 2 aliphatic rings. The van der Waals surface area contributed by atoms with Crippen molar-refractivity contribution in [1.29, 1.82) is 0 Å². The van der Waals surface area contributed by atoms with E-state index in [4.69, 9.17) is 9.15 Å². The molecule has 1 spiro atoms. The summed E-state index contributed by atoms with van der Waals surface area (Å²) in [6.45, 7) is 5.80. The summed E-state index contributed by atoms with van der Waals surface area (Å²) in [5.41, 5.74) is 0.674. The van der Waals surface area contributed by atoms with Crippen LogP contribution in [0.3, 0.4) is 0 Å². The average Bonchev–Trinajstić information content (AvgIpc) is 3.30. The molecule has 1 amide bonds. The first-order valence-electron chi connectivity index (χ1n) is 8.38. The molecule has 2 aliphatic heterocycles. The topological polar surface area (TPSA) is 45.9 Å². The maximum Gasteiger partial charge on any atom is 0.257 e.